The Bertz CT molecular complexity index is 562. The molecule has 1 aliphatic heterocycles. The normalized spacial score (nSPS) is 21.5. The lowest BCUT2D eigenvalue weighted by molar-refractivity contribution is 0.155. The van der Waals surface area contributed by atoms with Crippen molar-refractivity contribution < 1.29 is 17.9 Å². The number of benzene rings is 1. The number of nitrogens with two attached hydrogens (primary N) is 1. The van der Waals surface area contributed by atoms with Gasteiger partial charge in [-0.05, 0) is 31.0 Å². The van der Waals surface area contributed by atoms with E-state index in [1.165, 1.54) is 10.4 Å². The fourth-order valence-corrected chi connectivity index (χ4v) is 4.14. The molecular weight excluding hydrogens is 271 g/mol. The van der Waals surface area contributed by atoms with Crippen LogP contribution in [0.4, 0.5) is 10.1 Å². The average molecular weight is 288 g/mol. The zero-order chi connectivity index (χ0) is 14.0. The maximum Gasteiger partial charge on any atom is 0.245 e. The first-order valence-electron chi connectivity index (χ1n) is 6.14. The molecule has 5 nitrogen and oxygen atoms in total. The van der Waals surface area contributed by atoms with E-state index in [1.807, 2.05) is 0 Å². The summed E-state index contributed by atoms with van der Waals surface area (Å²) in [7, 11) is -3.79. The molecule has 2 rings (SSSR count). The van der Waals surface area contributed by atoms with E-state index in [-0.39, 0.29) is 17.2 Å². The summed E-state index contributed by atoms with van der Waals surface area (Å²) in [6, 6.07) is 2.80. The van der Waals surface area contributed by atoms with Crippen LogP contribution in [0.2, 0.25) is 0 Å². The number of rotatable bonds is 3. The molecule has 0 saturated carbocycles. The number of nitrogens with zero attached hydrogens (tertiary/aromatic N) is 1. The van der Waals surface area contributed by atoms with Crippen LogP contribution in [0.25, 0.3) is 0 Å². The quantitative estimate of drug-likeness (QED) is 0.811. The van der Waals surface area contributed by atoms with E-state index >= 15 is 0 Å². The number of halogens is 1. The van der Waals surface area contributed by atoms with Crippen LogP contribution in [0.15, 0.2) is 23.1 Å². The molecule has 0 amide bonds. The fourth-order valence-electron chi connectivity index (χ4n) is 2.35. The molecule has 0 radical (unpaired) electrons. The van der Waals surface area contributed by atoms with Gasteiger partial charge in [-0.15, -0.1) is 0 Å². The minimum atomic E-state index is -3.79. The summed E-state index contributed by atoms with van der Waals surface area (Å²) in [6.07, 6.45) is 2.25. The number of aliphatic hydroxyl groups is 1. The second-order valence-electron chi connectivity index (χ2n) is 4.63. The van der Waals surface area contributed by atoms with Crippen molar-refractivity contribution in [1.82, 2.24) is 4.31 Å². The molecule has 1 aromatic rings. The van der Waals surface area contributed by atoms with E-state index in [0.29, 0.717) is 13.0 Å². The number of hydrogen-bond donors (Lipinski definition) is 2. The van der Waals surface area contributed by atoms with Crippen LogP contribution in [0.5, 0.6) is 0 Å². The maximum absolute atomic E-state index is 13.0. The average Bonchev–Trinajstić information content (AvgIpc) is 2.38. The summed E-state index contributed by atoms with van der Waals surface area (Å²) in [4.78, 5) is -0.103. The highest BCUT2D eigenvalue weighted by Gasteiger charge is 2.34. The lowest BCUT2D eigenvalue weighted by Gasteiger charge is -2.33. The van der Waals surface area contributed by atoms with Gasteiger partial charge in [-0.2, -0.15) is 4.31 Å². The molecule has 1 atom stereocenters. The van der Waals surface area contributed by atoms with Crippen LogP contribution in [0.3, 0.4) is 0 Å². The van der Waals surface area contributed by atoms with E-state index in [4.69, 9.17) is 5.73 Å². The van der Waals surface area contributed by atoms with Gasteiger partial charge in [0.15, 0.2) is 0 Å². The lowest BCUT2D eigenvalue weighted by atomic mass is 10.1. The van der Waals surface area contributed by atoms with E-state index in [2.05, 4.69) is 0 Å². The zero-order valence-electron chi connectivity index (χ0n) is 10.4. The molecule has 0 aromatic heterocycles. The standard InChI is InChI=1S/C12H17FN2O3S/c13-9-4-5-12(11(14)7-9)19(17,18)15-6-2-1-3-10(15)8-16/h4-5,7,10,16H,1-3,6,8,14H2. The predicted molar refractivity (Wildman–Crippen MR) is 69.4 cm³/mol. The van der Waals surface area contributed by atoms with Crippen LogP contribution < -0.4 is 5.73 Å². The largest absolute Gasteiger partial charge is 0.398 e. The highest BCUT2D eigenvalue weighted by molar-refractivity contribution is 7.89. The number of aliphatic hydroxyl groups excluding tert-OH is 1. The third kappa shape index (κ3) is 2.72. The van der Waals surface area contributed by atoms with Gasteiger partial charge in [-0.25, -0.2) is 12.8 Å². The monoisotopic (exact) mass is 288 g/mol. The second kappa shape index (κ2) is 5.44. The van der Waals surface area contributed by atoms with E-state index in [1.54, 1.807) is 0 Å². The highest BCUT2D eigenvalue weighted by atomic mass is 32.2. The Kier molecular flexibility index (Phi) is 4.07. The van der Waals surface area contributed by atoms with Gasteiger partial charge in [0.2, 0.25) is 10.0 Å². The molecule has 1 fully saturated rings. The molecule has 7 heteroatoms. The molecule has 0 bridgehead atoms. The van der Waals surface area contributed by atoms with Gasteiger partial charge in [0.05, 0.1) is 12.3 Å². The molecule has 0 spiro atoms. The van der Waals surface area contributed by atoms with Crippen LogP contribution in [0.1, 0.15) is 19.3 Å². The van der Waals surface area contributed by atoms with Crippen molar-refractivity contribution in [2.45, 2.75) is 30.2 Å². The third-order valence-electron chi connectivity index (χ3n) is 3.34. The Hall–Kier alpha value is -1.18. The number of sulfonamides is 1. The minimum Gasteiger partial charge on any atom is -0.398 e. The van der Waals surface area contributed by atoms with Crippen molar-refractivity contribution in [2.75, 3.05) is 18.9 Å². The number of piperidine rings is 1. The van der Waals surface area contributed by atoms with Gasteiger partial charge in [0.1, 0.15) is 10.7 Å². The Labute approximate surface area is 111 Å². The maximum atomic E-state index is 13.0. The van der Waals surface area contributed by atoms with Gasteiger partial charge in [0, 0.05) is 12.6 Å². The van der Waals surface area contributed by atoms with Crippen molar-refractivity contribution in [2.24, 2.45) is 0 Å². The number of hydrogen-bond acceptors (Lipinski definition) is 4. The van der Waals surface area contributed by atoms with E-state index in [9.17, 15) is 17.9 Å². The zero-order valence-corrected chi connectivity index (χ0v) is 11.2. The van der Waals surface area contributed by atoms with Crippen LogP contribution in [0, 0.1) is 5.82 Å². The summed E-state index contributed by atoms with van der Waals surface area (Å²) in [5.41, 5.74) is 5.48. The first kappa shape index (κ1) is 14.2. The summed E-state index contributed by atoms with van der Waals surface area (Å²) in [5, 5.41) is 9.29. The van der Waals surface area contributed by atoms with Crippen LogP contribution >= 0.6 is 0 Å². The Morgan fingerprint density at radius 3 is 2.79 bits per heavy atom. The SMILES string of the molecule is Nc1cc(F)ccc1S(=O)(=O)N1CCCCC1CO. The molecule has 1 heterocycles. The first-order valence-corrected chi connectivity index (χ1v) is 7.58. The molecule has 1 saturated heterocycles. The molecule has 19 heavy (non-hydrogen) atoms. The van der Waals surface area contributed by atoms with Gasteiger partial charge in [-0.3, -0.25) is 0 Å². The van der Waals surface area contributed by atoms with Gasteiger partial charge < -0.3 is 10.8 Å². The van der Waals surface area contributed by atoms with Gasteiger partial charge in [-0.1, -0.05) is 6.42 Å². The predicted octanol–water partition coefficient (Wildman–Crippen LogP) is 0.943. The second-order valence-corrected chi connectivity index (χ2v) is 6.49. The topological polar surface area (TPSA) is 83.6 Å². The number of anilines is 1. The molecule has 106 valence electrons. The van der Waals surface area contributed by atoms with E-state index < -0.39 is 21.9 Å². The molecule has 1 aliphatic rings. The summed E-state index contributed by atoms with van der Waals surface area (Å²) >= 11 is 0. The molecule has 3 N–H and O–H groups in total. The number of nitrogen functional groups attached to an aromatic ring is 1. The Morgan fingerprint density at radius 1 is 1.42 bits per heavy atom. The third-order valence-corrected chi connectivity index (χ3v) is 5.37. The van der Waals surface area contributed by atoms with Crippen molar-refractivity contribution in [3.05, 3.63) is 24.0 Å². The van der Waals surface area contributed by atoms with Crippen LogP contribution in [-0.4, -0.2) is 37.0 Å². The summed E-state index contributed by atoms with van der Waals surface area (Å²) < 4.78 is 39.3. The van der Waals surface area contributed by atoms with E-state index in [0.717, 1.165) is 25.0 Å². The van der Waals surface area contributed by atoms with Gasteiger partial charge >= 0.3 is 0 Å². The summed E-state index contributed by atoms with van der Waals surface area (Å²) in [6.45, 7) is 0.130. The molecular formula is C12H17FN2O3S. The molecule has 1 unspecified atom stereocenters. The van der Waals surface area contributed by atoms with Crippen molar-refractivity contribution in [1.29, 1.82) is 0 Å². The first-order chi connectivity index (χ1) is 8.96. The lowest BCUT2D eigenvalue weighted by Crippen LogP contribution is -2.45. The van der Waals surface area contributed by atoms with Crippen LogP contribution in [-0.2, 0) is 10.0 Å². The molecule has 0 aliphatic carbocycles. The van der Waals surface area contributed by atoms with Crippen molar-refractivity contribution >= 4 is 15.7 Å². The Morgan fingerprint density at radius 2 is 2.16 bits per heavy atom. The fraction of sp³-hybridized carbons (Fsp3) is 0.500. The van der Waals surface area contributed by atoms with Crippen molar-refractivity contribution in [3.63, 3.8) is 0 Å². The van der Waals surface area contributed by atoms with Gasteiger partial charge in [0.25, 0.3) is 0 Å². The molecule has 1 aromatic carbocycles. The highest BCUT2D eigenvalue weighted by Crippen LogP contribution is 2.28. The summed E-state index contributed by atoms with van der Waals surface area (Å²) in [5.74, 6) is -0.575. The smallest absolute Gasteiger partial charge is 0.245 e. The van der Waals surface area contributed by atoms with Crippen molar-refractivity contribution in [3.8, 4) is 0 Å². The minimum absolute atomic E-state index is 0.103. The Balaban J connectivity index is 2.40.